The fourth-order valence-corrected chi connectivity index (χ4v) is 3.71. The molecule has 140 valence electrons. The second kappa shape index (κ2) is 7.94. The van der Waals surface area contributed by atoms with E-state index in [2.05, 4.69) is 10.4 Å². The molecule has 2 aromatic heterocycles. The van der Waals surface area contributed by atoms with Gasteiger partial charge in [-0.2, -0.15) is 5.10 Å². The Hall–Kier alpha value is -2.64. The summed E-state index contributed by atoms with van der Waals surface area (Å²) < 4.78 is 6.32. The molecule has 0 atom stereocenters. The van der Waals surface area contributed by atoms with Gasteiger partial charge in [-0.1, -0.05) is 41.4 Å². The summed E-state index contributed by atoms with van der Waals surface area (Å²) in [7, 11) is 1.30. The van der Waals surface area contributed by atoms with Crippen LogP contribution in [0.3, 0.4) is 0 Å². The molecule has 3 rings (SSSR count). The number of thiophene rings is 1. The van der Waals surface area contributed by atoms with Crippen molar-refractivity contribution in [1.82, 2.24) is 9.78 Å². The predicted octanol–water partition coefficient (Wildman–Crippen LogP) is 4.30. The van der Waals surface area contributed by atoms with Gasteiger partial charge >= 0.3 is 5.97 Å². The lowest BCUT2D eigenvalue weighted by Gasteiger charge is -2.06. The van der Waals surface area contributed by atoms with Crippen molar-refractivity contribution in [3.05, 3.63) is 68.1 Å². The van der Waals surface area contributed by atoms with E-state index in [1.54, 1.807) is 23.1 Å². The van der Waals surface area contributed by atoms with Crippen molar-refractivity contribution in [2.24, 2.45) is 0 Å². The van der Waals surface area contributed by atoms with Gasteiger partial charge in [0, 0.05) is 0 Å². The maximum Gasteiger partial charge on any atom is 0.350 e. The van der Waals surface area contributed by atoms with E-state index in [0.717, 1.165) is 5.56 Å². The van der Waals surface area contributed by atoms with Crippen LogP contribution < -0.4 is 5.32 Å². The van der Waals surface area contributed by atoms with Gasteiger partial charge in [0.25, 0.3) is 5.91 Å². The summed E-state index contributed by atoms with van der Waals surface area (Å²) in [5, 5.41) is 9.06. The van der Waals surface area contributed by atoms with Crippen molar-refractivity contribution in [2.75, 3.05) is 12.4 Å². The van der Waals surface area contributed by atoms with Crippen molar-refractivity contribution in [3.8, 4) is 0 Å². The standard InChI is InChI=1S/C19H18ClN3O3S/c1-11-4-6-13(7-5-11)10-23-17(20)15(12(2)22-23)18(24)21-14-8-9-27-16(14)19(25)26-3/h4-9H,10H2,1-3H3,(H,21,24). The predicted molar refractivity (Wildman–Crippen MR) is 106 cm³/mol. The minimum absolute atomic E-state index is 0.250. The van der Waals surface area contributed by atoms with E-state index < -0.39 is 11.9 Å². The summed E-state index contributed by atoms with van der Waals surface area (Å²) in [4.78, 5) is 24.8. The number of halogens is 1. The Morgan fingerprint density at radius 1 is 1.22 bits per heavy atom. The summed E-state index contributed by atoms with van der Waals surface area (Å²) in [6, 6.07) is 9.66. The van der Waals surface area contributed by atoms with Gasteiger partial charge in [0.1, 0.15) is 10.0 Å². The average molecular weight is 404 g/mol. The van der Waals surface area contributed by atoms with E-state index in [9.17, 15) is 9.59 Å². The number of ether oxygens (including phenoxy) is 1. The molecule has 1 amide bonds. The lowest BCUT2D eigenvalue weighted by atomic mass is 10.1. The number of benzene rings is 1. The number of esters is 1. The van der Waals surface area contributed by atoms with Gasteiger partial charge in [-0.15, -0.1) is 11.3 Å². The number of carbonyl (C=O) groups excluding carboxylic acids is 2. The maximum atomic E-state index is 12.7. The number of nitrogens with one attached hydrogen (secondary N) is 1. The van der Waals surface area contributed by atoms with Crippen LogP contribution in [0.1, 0.15) is 36.9 Å². The highest BCUT2D eigenvalue weighted by Crippen LogP contribution is 2.26. The summed E-state index contributed by atoms with van der Waals surface area (Å²) in [6.07, 6.45) is 0. The molecule has 1 aromatic carbocycles. The lowest BCUT2D eigenvalue weighted by molar-refractivity contribution is 0.0607. The molecule has 3 aromatic rings. The quantitative estimate of drug-likeness (QED) is 0.644. The highest BCUT2D eigenvalue weighted by atomic mass is 35.5. The van der Waals surface area contributed by atoms with E-state index in [1.165, 1.54) is 24.0 Å². The van der Waals surface area contributed by atoms with Crippen LogP contribution in [0.15, 0.2) is 35.7 Å². The molecule has 6 nitrogen and oxygen atoms in total. The molecular formula is C19H18ClN3O3S. The number of aromatic nitrogens is 2. The van der Waals surface area contributed by atoms with E-state index in [-0.39, 0.29) is 10.7 Å². The Morgan fingerprint density at radius 3 is 2.59 bits per heavy atom. The normalized spacial score (nSPS) is 10.7. The SMILES string of the molecule is COC(=O)c1sccc1NC(=O)c1c(C)nn(Cc2ccc(C)cc2)c1Cl. The highest BCUT2D eigenvalue weighted by molar-refractivity contribution is 7.12. The number of aryl methyl sites for hydroxylation is 2. The van der Waals surface area contributed by atoms with Gasteiger partial charge in [0.2, 0.25) is 0 Å². The first-order valence-electron chi connectivity index (χ1n) is 8.16. The second-order valence-corrected chi connectivity index (χ2v) is 7.28. The van der Waals surface area contributed by atoms with E-state index in [4.69, 9.17) is 16.3 Å². The zero-order chi connectivity index (χ0) is 19.6. The molecule has 2 heterocycles. The molecule has 0 aliphatic rings. The fourth-order valence-electron chi connectivity index (χ4n) is 2.63. The summed E-state index contributed by atoms with van der Waals surface area (Å²) in [5.41, 5.74) is 3.38. The van der Waals surface area contributed by atoms with E-state index >= 15 is 0 Å². The first-order chi connectivity index (χ1) is 12.9. The topological polar surface area (TPSA) is 73.2 Å². The molecule has 0 spiro atoms. The van der Waals surface area contributed by atoms with Gasteiger partial charge in [-0.3, -0.25) is 4.79 Å². The van der Waals surface area contributed by atoms with Crippen LogP contribution in [-0.2, 0) is 11.3 Å². The van der Waals surface area contributed by atoms with E-state index in [1.807, 2.05) is 31.2 Å². The number of hydrogen-bond donors (Lipinski definition) is 1. The van der Waals surface area contributed by atoms with Gasteiger partial charge in [-0.25, -0.2) is 9.48 Å². The van der Waals surface area contributed by atoms with Crippen molar-refractivity contribution in [3.63, 3.8) is 0 Å². The first kappa shape index (κ1) is 19.1. The molecule has 1 N–H and O–H groups in total. The largest absolute Gasteiger partial charge is 0.465 e. The molecule has 27 heavy (non-hydrogen) atoms. The third-order valence-electron chi connectivity index (χ3n) is 4.03. The molecule has 0 fully saturated rings. The van der Waals surface area contributed by atoms with Crippen LogP contribution in [0.2, 0.25) is 5.15 Å². The smallest absolute Gasteiger partial charge is 0.350 e. The van der Waals surface area contributed by atoms with Crippen LogP contribution in [-0.4, -0.2) is 28.8 Å². The molecule has 8 heteroatoms. The summed E-state index contributed by atoms with van der Waals surface area (Å²) in [5.74, 6) is -0.922. The molecule has 0 saturated heterocycles. The third kappa shape index (κ3) is 4.04. The Balaban J connectivity index is 1.84. The summed E-state index contributed by atoms with van der Waals surface area (Å²) >= 11 is 7.62. The Bertz CT molecular complexity index is 992. The molecule has 0 unspecified atom stereocenters. The van der Waals surface area contributed by atoms with Crippen LogP contribution >= 0.6 is 22.9 Å². The molecule has 0 aliphatic carbocycles. The maximum absolute atomic E-state index is 12.7. The number of nitrogens with zero attached hydrogens (tertiary/aromatic N) is 2. The van der Waals surface area contributed by atoms with Crippen molar-refractivity contribution in [1.29, 1.82) is 0 Å². The van der Waals surface area contributed by atoms with Gasteiger partial charge in [-0.05, 0) is 30.9 Å². The summed E-state index contributed by atoms with van der Waals surface area (Å²) in [6.45, 7) is 4.20. The Kier molecular flexibility index (Phi) is 5.62. The Labute approximate surface area is 165 Å². The number of anilines is 1. The average Bonchev–Trinajstić information content (AvgIpc) is 3.20. The lowest BCUT2D eigenvalue weighted by Crippen LogP contribution is -2.15. The number of amides is 1. The van der Waals surface area contributed by atoms with Crippen molar-refractivity contribution < 1.29 is 14.3 Å². The zero-order valence-corrected chi connectivity index (χ0v) is 16.6. The minimum atomic E-state index is -0.502. The van der Waals surface area contributed by atoms with Crippen LogP contribution in [0.4, 0.5) is 5.69 Å². The monoisotopic (exact) mass is 403 g/mol. The van der Waals surface area contributed by atoms with Crippen molar-refractivity contribution >= 4 is 40.5 Å². The zero-order valence-electron chi connectivity index (χ0n) is 15.1. The number of rotatable bonds is 5. The molecule has 0 saturated carbocycles. The number of hydrogen-bond acceptors (Lipinski definition) is 5. The number of methoxy groups -OCH3 is 1. The minimum Gasteiger partial charge on any atom is -0.465 e. The van der Waals surface area contributed by atoms with Gasteiger partial charge in [0.05, 0.1) is 30.6 Å². The van der Waals surface area contributed by atoms with Crippen LogP contribution in [0.25, 0.3) is 0 Å². The molecule has 0 radical (unpaired) electrons. The second-order valence-electron chi connectivity index (χ2n) is 6.00. The van der Waals surface area contributed by atoms with Gasteiger partial charge < -0.3 is 10.1 Å². The van der Waals surface area contributed by atoms with Crippen LogP contribution in [0.5, 0.6) is 0 Å². The fraction of sp³-hybridized carbons (Fsp3) is 0.211. The number of carbonyl (C=O) groups is 2. The molecular weight excluding hydrogens is 386 g/mol. The third-order valence-corrected chi connectivity index (χ3v) is 5.31. The molecule has 0 bridgehead atoms. The first-order valence-corrected chi connectivity index (χ1v) is 9.42. The van der Waals surface area contributed by atoms with E-state index in [0.29, 0.717) is 22.8 Å². The highest BCUT2D eigenvalue weighted by Gasteiger charge is 2.23. The van der Waals surface area contributed by atoms with Crippen molar-refractivity contribution in [2.45, 2.75) is 20.4 Å². The Morgan fingerprint density at radius 2 is 1.93 bits per heavy atom. The molecule has 0 aliphatic heterocycles. The van der Waals surface area contributed by atoms with Crippen LogP contribution in [0, 0.1) is 13.8 Å². The van der Waals surface area contributed by atoms with Gasteiger partial charge in [0.15, 0.2) is 0 Å².